The van der Waals surface area contributed by atoms with Gasteiger partial charge < -0.3 is 5.32 Å². The van der Waals surface area contributed by atoms with E-state index in [-0.39, 0.29) is 0 Å². The molecule has 1 aliphatic rings. The molecular weight excluding hydrogens is 234 g/mol. The van der Waals surface area contributed by atoms with E-state index in [1.165, 1.54) is 19.3 Å². The molecule has 1 aliphatic carbocycles. The highest BCUT2D eigenvalue weighted by Crippen LogP contribution is 2.28. The Labute approximate surface area is 114 Å². The Morgan fingerprint density at radius 3 is 2.68 bits per heavy atom. The molecule has 0 saturated heterocycles. The van der Waals surface area contributed by atoms with E-state index >= 15 is 0 Å². The monoisotopic (exact) mass is 255 g/mol. The Morgan fingerprint density at radius 1 is 1.21 bits per heavy atom. The molecule has 0 aliphatic heterocycles. The highest BCUT2D eigenvalue weighted by atomic mass is 15.2. The third-order valence-electron chi connectivity index (χ3n) is 4.04. The van der Waals surface area contributed by atoms with Gasteiger partial charge in [-0.1, -0.05) is 31.5 Å². The molecule has 1 fully saturated rings. The largest absolute Gasteiger partial charge is 0.352 e. The normalized spacial score (nSPS) is 22.6. The van der Waals surface area contributed by atoms with Gasteiger partial charge in [0.1, 0.15) is 0 Å². The molecule has 19 heavy (non-hydrogen) atoms. The molecule has 2 unspecified atom stereocenters. The van der Waals surface area contributed by atoms with Crippen LogP contribution < -0.4 is 5.32 Å². The molecular formula is C16H21N3. The molecule has 3 heteroatoms. The smallest absolute Gasteiger partial charge is 0.207 e. The fraction of sp³-hybridized carbons (Fsp3) is 0.438. The quantitative estimate of drug-likeness (QED) is 0.904. The number of imidazole rings is 1. The molecule has 1 saturated carbocycles. The fourth-order valence-corrected chi connectivity index (χ4v) is 2.91. The first-order chi connectivity index (χ1) is 9.24. The lowest BCUT2D eigenvalue weighted by atomic mass is 10.1. The SMILES string of the molecule is Cc1cn(-c2ccccc2)c(NC2CCCC2C)n1. The first kappa shape index (κ1) is 12.3. The summed E-state index contributed by atoms with van der Waals surface area (Å²) in [5.74, 6) is 1.71. The van der Waals surface area contributed by atoms with E-state index in [0.717, 1.165) is 23.2 Å². The van der Waals surface area contributed by atoms with Crippen LogP contribution in [0, 0.1) is 12.8 Å². The van der Waals surface area contributed by atoms with Gasteiger partial charge in [0.25, 0.3) is 0 Å². The van der Waals surface area contributed by atoms with Gasteiger partial charge in [-0.2, -0.15) is 0 Å². The van der Waals surface area contributed by atoms with Gasteiger partial charge in [0.05, 0.1) is 5.69 Å². The molecule has 100 valence electrons. The topological polar surface area (TPSA) is 29.9 Å². The minimum absolute atomic E-state index is 0.560. The van der Waals surface area contributed by atoms with Crippen molar-refractivity contribution in [1.29, 1.82) is 0 Å². The zero-order valence-corrected chi connectivity index (χ0v) is 11.6. The van der Waals surface area contributed by atoms with Crippen LogP contribution in [0.2, 0.25) is 0 Å². The highest BCUT2D eigenvalue weighted by molar-refractivity contribution is 5.43. The van der Waals surface area contributed by atoms with Crippen LogP contribution in [-0.4, -0.2) is 15.6 Å². The summed E-state index contributed by atoms with van der Waals surface area (Å²) in [5, 5.41) is 3.63. The summed E-state index contributed by atoms with van der Waals surface area (Å²) < 4.78 is 2.15. The van der Waals surface area contributed by atoms with Gasteiger partial charge in [0, 0.05) is 17.9 Å². The first-order valence-electron chi connectivity index (χ1n) is 7.12. The van der Waals surface area contributed by atoms with E-state index < -0.39 is 0 Å². The van der Waals surface area contributed by atoms with Crippen LogP contribution in [0.5, 0.6) is 0 Å². The van der Waals surface area contributed by atoms with Crippen LogP contribution in [0.15, 0.2) is 36.5 Å². The summed E-state index contributed by atoms with van der Waals surface area (Å²) in [5.41, 5.74) is 2.22. The van der Waals surface area contributed by atoms with Crippen molar-refractivity contribution >= 4 is 5.95 Å². The van der Waals surface area contributed by atoms with E-state index in [0.29, 0.717) is 6.04 Å². The van der Waals surface area contributed by atoms with Gasteiger partial charge in [0.2, 0.25) is 5.95 Å². The lowest BCUT2D eigenvalue weighted by Gasteiger charge is -2.18. The van der Waals surface area contributed by atoms with Crippen LogP contribution in [0.1, 0.15) is 31.9 Å². The molecule has 2 aromatic rings. The second-order valence-corrected chi connectivity index (χ2v) is 5.57. The molecule has 2 atom stereocenters. The van der Waals surface area contributed by atoms with E-state index in [4.69, 9.17) is 0 Å². The Bertz CT molecular complexity index is 544. The number of anilines is 1. The van der Waals surface area contributed by atoms with Crippen LogP contribution in [0.25, 0.3) is 5.69 Å². The summed E-state index contributed by atoms with van der Waals surface area (Å²) in [6, 6.07) is 11.0. The molecule has 1 heterocycles. The predicted octanol–water partition coefficient (Wildman–Crippen LogP) is 3.78. The fourth-order valence-electron chi connectivity index (χ4n) is 2.91. The lowest BCUT2D eigenvalue weighted by Crippen LogP contribution is -2.23. The van der Waals surface area contributed by atoms with Gasteiger partial charge in [0.15, 0.2) is 0 Å². The average molecular weight is 255 g/mol. The van der Waals surface area contributed by atoms with Gasteiger partial charge in [-0.15, -0.1) is 0 Å². The molecule has 0 spiro atoms. The zero-order chi connectivity index (χ0) is 13.2. The van der Waals surface area contributed by atoms with Gasteiger partial charge in [-0.3, -0.25) is 4.57 Å². The van der Waals surface area contributed by atoms with Crippen molar-refractivity contribution in [3.8, 4) is 5.69 Å². The van der Waals surface area contributed by atoms with E-state index in [1.807, 2.05) is 13.0 Å². The zero-order valence-electron chi connectivity index (χ0n) is 11.6. The molecule has 3 rings (SSSR count). The molecule has 1 aromatic heterocycles. The maximum atomic E-state index is 4.64. The minimum Gasteiger partial charge on any atom is -0.352 e. The van der Waals surface area contributed by atoms with Crippen molar-refractivity contribution in [2.24, 2.45) is 5.92 Å². The summed E-state index contributed by atoms with van der Waals surface area (Å²) >= 11 is 0. The number of aromatic nitrogens is 2. The van der Waals surface area contributed by atoms with Crippen molar-refractivity contribution < 1.29 is 0 Å². The molecule has 0 amide bonds. The number of nitrogens with zero attached hydrogens (tertiary/aromatic N) is 2. The number of hydrogen-bond acceptors (Lipinski definition) is 2. The summed E-state index contributed by atoms with van der Waals surface area (Å²) in [7, 11) is 0. The van der Waals surface area contributed by atoms with Crippen molar-refractivity contribution in [3.05, 3.63) is 42.2 Å². The number of hydrogen-bond donors (Lipinski definition) is 1. The molecule has 3 nitrogen and oxygen atoms in total. The number of benzene rings is 1. The summed E-state index contributed by atoms with van der Waals surface area (Å²) in [4.78, 5) is 4.64. The lowest BCUT2D eigenvalue weighted by molar-refractivity contribution is 0.552. The van der Waals surface area contributed by atoms with Gasteiger partial charge in [-0.25, -0.2) is 4.98 Å². The Hall–Kier alpha value is -1.77. The molecule has 0 radical (unpaired) electrons. The average Bonchev–Trinajstić information content (AvgIpc) is 2.98. The first-order valence-corrected chi connectivity index (χ1v) is 7.12. The van der Waals surface area contributed by atoms with Crippen LogP contribution >= 0.6 is 0 Å². The number of nitrogens with one attached hydrogen (secondary N) is 1. The van der Waals surface area contributed by atoms with Crippen LogP contribution in [0.3, 0.4) is 0 Å². The van der Waals surface area contributed by atoms with Gasteiger partial charge >= 0.3 is 0 Å². The maximum absolute atomic E-state index is 4.64. The Morgan fingerprint density at radius 2 is 2.00 bits per heavy atom. The van der Waals surface area contributed by atoms with E-state index in [1.54, 1.807) is 0 Å². The van der Waals surface area contributed by atoms with E-state index in [2.05, 4.69) is 52.3 Å². The van der Waals surface area contributed by atoms with E-state index in [9.17, 15) is 0 Å². The summed E-state index contributed by atoms with van der Waals surface area (Å²) in [6.07, 6.45) is 5.99. The second-order valence-electron chi connectivity index (χ2n) is 5.57. The summed E-state index contributed by atoms with van der Waals surface area (Å²) in [6.45, 7) is 4.37. The second kappa shape index (κ2) is 5.08. The van der Waals surface area contributed by atoms with Crippen molar-refractivity contribution in [3.63, 3.8) is 0 Å². The Kier molecular flexibility index (Phi) is 3.28. The molecule has 0 bridgehead atoms. The maximum Gasteiger partial charge on any atom is 0.207 e. The number of aryl methyl sites for hydroxylation is 1. The number of rotatable bonds is 3. The van der Waals surface area contributed by atoms with Crippen molar-refractivity contribution in [2.45, 2.75) is 39.2 Å². The van der Waals surface area contributed by atoms with Crippen molar-refractivity contribution in [2.75, 3.05) is 5.32 Å². The van der Waals surface area contributed by atoms with Crippen LogP contribution in [-0.2, 0) is 0 Å². The third kappa shape index (κ3) is 2.50. The van der Waals surface area contributed by atoms with Crippen LogP contribution in [0.4, 0.5) is 5.95 Å². The third-order valence-corrected chi connectivity index (χ3v) is 4.04. The molecule has 1 aromatic carbocycles. The minimum atomic E-state index is 0.560. The predicted molar refractivity (Wildman–Crippen MR) is 78.7 cm³/mol. The highest BCUT2D eigenvalue weighted by Gasteiger charge is 2.24. The number of para-hydroxylation sites is 1. The van der Waals surface area contributed by atoms with Gasteiger partial charge in [-0.05, 0) is 37.8 Å². The van der Waals surface area contributed by atoms with Crippen molar-refractivity contribution in [1.82, 2.24) is 9.55 Å². The molecule has 1 N–H and O–H groups in total. The Balaban J connectivity index is 1.89. The standard InChI is InChI=1S/C16H21N3/c1-12-7-6-10-15(12)18-16-17-13(2)11-19(16)14-8-4-3-5-9-14/h3-5,8-9,11-12,15H,6-7,10H2,1-2H3,(H,17,18).